The van der Waals surface area contributed by atoms with Gasteiger partial charge in [-0.3, -0.25) is 0 Å². The summed E-state index contributed by atoms with van der Waals surface area (Å²) in [4.78, 5) is 13.1. The topological polar surface area (TPSA) is 40.5 Å². The standard InChI is InChI=1S/C16H20BrNO2/c1-2-18(14-5-3-4-6-14)15-11-13(17)9-7-12(15)8-10-16(19)20/h7-11,14H,2-6H2,1H3,(H,19,20)/b10-8+. The van der Waals surface area contributed by atoms with E-state index in [2.05, 4.69) is 33.8 Å². The Balaban J connectivity index is 2.35. The third-order valence-electron chi connectivity index (χ3n) is 3.81. The number of hydrogen-bond acceptors (Lipinski definition) is 2. The molecule has 0 heterocycles. The molecule has 1 fully saturated rings. The Morgan fingerprint density at radius 3 is 2.75 bits per heavy atom. The zero-order chi connectivity index (χ0) is 14.5. The van der Waals surface area contributed by atoms with Gasteiger partial charge in [0, 0.05) is 28.8 Å². The molecule has 20 heavy (non-hydrogen) atoms. The average Bonchev–Trinajstić information content (AvgIpc) is 2.92. The van der Waals surface area contributed by atoms with Crippen LogP contribution in [-0.4, -0.2) is 23.7 Å². The van der Waals surface area contributed by atoms with Crippen LogP contribution in [0.5, 0.6) is 0 Å². The van der Waals surface area contributed by atoms with E-state index in [4.69, 9.17) is 5.11 Å². The number of rotatable bonds is 5. The van der Waals surface area contributed by atoms with Crippen molar-refractivity contribution in [2.75, 3.05) is 11.4 Å². The Hall–Kier alpha value is -1.29. The van der Waals surface area contributed by atoms with Crippen LogP contribution >= 0.6 is 15.9 Å². The smallest absolute Gasteiger partial charge is 0.328 e. The molecule has 0 bridgehead atoms. The van der Waals surface area contributed by atoms with Crippen LogP contribution < -0.4 is 4.90 Å². The van der Waals surface area contributed by atoms with E-state index in [0.717, 1.165) is 22.3 Å². The van der Waals surface area contributed by atoms with Crippen molar-refractivity contribution in [1.82, 2.24) is 0 Å². The molecule has 1 aliphatic carbocycles. The van der Waals surface area contributed by atoms with Crippen LogP contribution in [0.15, 0.2) is 28.7 Å². The summed E-state index contributed by atoms with van der Waals surface area (Å²) in [6, 6.07) is 6.58. The molecule has 1 aromatic carbocycles. The second-order valence-electron chi connectivity index (χ2n) is 5.10. The van der Waals surface area contributed by atoms with E-state index in [1.54, 1.807) is 6.08 Å². The number of aliphatic carboxylic acids is 1. The first-order valence-corrected chi connectivity index (χ1v) is 7.88. The highest BCUT2D eigenvalue weighted by Gasteiger charge is 2.23. The van der Waals surface area contributed by atoms with Crippen LogP contribution in [0.25, 0.3) is 6.08 Å². The Bertz CT molecular complexity index is 507. The summed E-state index contributed by atoms with van der Waals surface area (Å²) in [5.41, 5.74) is 2.08. The van der Waals surface area contributed by atoms with Gasteiger partial charge in [-0.2, -0.15) is 0 Å². The lowest BCUT2D eigenvalue weighted by atomic mass is 10.1. The summed E-state index contributed by atoms with van der Waals surface area (Å²) in [5.74, 6) is -0.914. The fourth-order valence-corrected chi connectivity index (χ4v) is 3.26. The van der Waals surface area contributed by atoms with Gasteiger partial charge < -0.3 is 10.0 Å². The Kier molecular flexibility index (Phi) is 5.24. The third-order valence-corrected chi connectivity index (χ3v) is 4.31. The van der Waals surface area contributed by atoms with Crippen molar-refractivity contribution in [3.05, 3.63) is 34.3 Å². The second kappa shape index (κ2) is 6.93. The van der Waals surface area contributed by atoms with Gasteiger partial charge in [-0.1, -0.05) is 34.8 Å². The first-order chi connectivity index (χ1) is 9.61. The van der Waals surface area contributed by atoms with Gasteiger partial charge in [-0.15, -0.1) is 0 Å². The van der Waals surface area contributed by atoms with Crippen molar-refractivity contribution in [3.63, 3.8) is 0 Å². The van der Waals surface area contributed by atoms with E-state index in [-0.39, 0.29) is 0 Å². The van der Waals surface area contributed by atoms with Crippen LogP contribution in [0.4, 0.5) is 5.69 Å². The largest absolute Gasteiger partial charge is 0.478 e. The summed E-state index contributed by atoms with van der Waals surface area (Å²) in [6.45, 7) is 3.10. The molecule has 0 aliphatic heterocycles. The first-order valence-electron chi connectivity index (χ1n) is 7.09. The van der Waals surface area contributed by atoms with Gasteiger partial charge in [0.25, 0.3) is 0 Å². The molecule has 1 saturated carbocycles. The molecule has 0 unspecified atom stereocenters. The molecule has 0 spiro atoms. The molecule has 0 atom stereocenters. The van der Waals surface area contributed by atoms with Gasteiger partial charge >= 0.3 is 5.97 Å². The summed E-state index contributed by atoms with van der Waals surface area (Å²) in [5, 5.41) is 8.82. The molecule has 0 aromatic heterocycles. The van der Waals surface area contributed by atoms with Crippen LogP contribution in [0.1, 0.15) is 38.2 Å². The average molecular weight is 338 g/mol. The molecule has 1 N–H and O–H groups in total. The van der Waals surface area contributed by atoms with E-state index < -0.39 is 5.97 Å². The number of anilines is 1. The fourth-order valence-electron chi connectivity index (χ4n) is 2.91. The Morgan fingerprint density at radius 2 is 2.15 bits per heavy atom. The van der Waals surface area contributed by atoms with Crippen molar-refractivity contribution < 1.29 is 9.90 Å². The van der Waals surface area contributed by atoms with Crippen LogP contribution in [0, 0.1) is 0 Å². The molecule has 0 saturated heterocycles. The molecule has 0 radical (unpaired) electrons. The predicted octanol–water partition coefficient (Wildman–Crippen LogP) is 4.32. The van der Waals surface area contributed by atoms with E-state index in [1.807, 2.05) is 12.1 Å². The molecule has 1 aromatic rings. The fraction of sp³-hybridized carbons (Fsp3) is 0.438. The minimum absolute atomic E-state index is 0.575. The highest BCUT2D eigenvalue weighted by Crippen LogP contribution is 2.32. The summed E-state index contributed by atoms with van der Waals surface area (Å²) < 4.78 is 1.02. The van der Waals surface area contributed by atoms with Crippen molar-refractivity contribution >= 4 is 33.7 Å². The van der Waals surface area contributed by atoms with Crippen molar-refractivity contribution in [2.24, 2.45) is 0 Å². The summed E-state index contributed by atoms with van der Waals surface area (Å²) in [7, 11) is 0. The zero-order valence-corrected chi connectivity index (χ0v) is 13.3. The van der Waals surface area contributed by atoms with Gasteiger partial charge in [0.15, 0.2) is 0 Å². The monoisotopic (exact) mass is 337 g/mol. The van der Waals surface area contributed by atoms with Crippen LogP contribution in [0.2, 0.25) is 0 Å². The molecule has 108 valence electrons. The second-order valence-corrected chi connectivity index (χ2v) is 6.01. The number of benzene rings is 1. The zero-order valence-electron chi connectivity index (χ0n) is 11.7. The molecule has 3 nitrogen and oxygen atoms in total. The van der Waals surface area contributed by atoms with Gasteiger partial charge in [-0.05, 0) is 43.5 Å². The highest BCUT2D eigenvalue weighted by molar-refractivity contribution is 9.10. The molecule has 2 rings (SSSR count). The summed E-state index contributed by atoms with van der Waals surface area (Å²) in [6.07, 6.45) is 7.91. The maximum atomic E-state index is 10.7. The Morgan fingerprint density at radius 1 is 1.45 bits per heavy atom. The number of carbonyl (C=O) groups is 1. The quantitative estimate of drug-likeness (QED) is 0.813. The van der Waals surface area contributed by atoms with Gasteiger partial charge in [0.05, 0.1) is 0 Å². The minimum Gasteiger partial charge on any atom is -0.478 e. The highest BCUT2D eigenvalue weighted by atomic mass is 79.9. The van der Waals surface area contributed by atoms with E-state index >= 15 is 0 Å². The molecule has 1 aliphatic rings. The maximum absolute atomic E-state index is 10.7. The molecular formula is C16H20BrNO2. The minimum atomic E-state index is -0.914. The lowest BCUT2D eigenvalue weighted by molar-refractivity contribution is -0.131. The van der Waals surface area contributed by atoms with Gasteiger partial charge in [0.1, 0.15) is 0 Å². The first kappa shape index (κ1) is 15.1. The number of carboxylic acids is 1. The third kappa shape index (κ3) is 3.63. The lowest BCUT2D eigenvalue weighted by Crippen LogP contribution is -2.33. The number of halogens is 1. The molecule has 0 amide bonds. The lowest BCUT2D eigenvalue weighted by Gasteiger charge is -2.31. The van der Waals surface area contributed by atoms with Crippen molar-refractivity contribution in [2.45, 2.75) is 38.6 Å². The van der Waals surface area contributed by atoms with E-state index in [1.165, 1.54) is 31.8 Å². The normalized spacial score (nSPS) is 15.9. The van der Waals surface area contributed by atoms with Gasteiger partial charge in [0.2, 0.25) is 0 Å². The molecular weight excluding hydrogens is 318 g/mol. The van der Waals surface area contributed by atoms with E-state index in [9.17, 15) is 4.79 Å². The SMILES string of the molecule is CCN(c1cc(Br)ccc1/C=C/C(=O)O)C1CCCC1. The number of nitrogens with zero attached hydrogens (tertiary/aromatic N) is 1. The van der Waals surface area contributed by atoms with Crippen molar-refractivity contribution in [1.29, 1.82) is 0 Å². The Labute approximate surface area is 128 Å². The van der Waals surface area contributed by atoms with Crippen LogP contribution in [0.3, 0.4) is 0 Å². The van der Waals surface area contributed by atoms with Crippen molar-refractivity contribution in [3.8, 4) is 0 Å². The maximum Gasteiger partial charge on any atom is 0.328 e. The number of hydrogen-bond donors (Lipinski definition) is 1. The molecule has 4 heteroatoms. The predicted molar refractivity (Wildman–Crippen MR) is 86.1 cm³/mol. The van der Waals surface area contributed by atoms with E-state index in [0.29, 0.717) is 6.04 Å². The summed E-state index contributed by atoms with van der Waals surface area (Å²) >= 11 is 3.52. The van der Waals surface area contributed by atoms with Gasteiger partial charge in [-0.25, -0.2) is 4.79 Å². The van der Waals surface area contributed by atoms with Crippen LogP contribution in [-0.2, 0) is 4.79 Å². The number of carboxylic acid groups (broad SMARTS) is 1.